The zero-order valence-corrected chi connectivity index (χ0v) is 13.8. The molecule has 13 heteroatoms. The van der Waals surface area contributed by atoms with Crippen LogP contribution >= 0.6 is 23.8 Å². The fourth-order valence-corrected chi connectivity index (χ4v) is 4.19. The Hall–Kier alpha value is -1.14. The molecule has 2 aromatic heterocycles. The molecule has 2 aliphatic heterocycles. The number of phosphoric ester groups is 1. The van der Waals surface area contributed by atoms with E-state index in [1.807, 2.05) is 0 Å². The largest absolute Gasteiger partial charge is 0.472 e. The molecule has 0 amide bonds. The lowest BCUT2D eigenvalue weighted by molar-refractivity contribution is -0.0669. The molecular formula is C10H11BrN5O6P. The van der Waals surface area contributed by atoms with Gasteiger partial charge >= 0.3 is 7.82 Å². The maximum absolute atomic E-state index is 11.5. The lowest BCUT2D eigenvalue weighted by Gasteiger charge is -2.27. The van der Waals surface area contributed by atoms with Gasteiger partial charge in [-0.05, 0) is 15.9 Å². The van der Waals surface area contributed by atoms with Gasteiger partial charge in [-0.15, -0.1) is 0 Å². The lowest BCUT2D eigenvalue weighted by atomic mass is 10.1. The summed E-state index contributed by atoms with van der Waals surface area (Å²) in [6.07, 6.45) is -2.62. The minimum absolute atomic E-state index is 0.173. The van der Waals surface area contributed by atoms with Crippen LogP contribution in [0.15, 0.2) is 11.1 Å². The van der Waals surface area contributed by atoms with Gasteiger partial charge in [0.25, 0.3) is 0 Å². The van der Waals surface area contributed by atoms with Gasteiger partial charge in [0.2, 0.25) is 0 Å². The average Bonchev–Trinajstić information content (AvgIpc) is 2.97. The van der Waals surface area contributed by atoms with E-state index >= 15 is 0 Å². The zero-order valence-electron chi connectivity index (χ0n) is 11.3. The molecule has 4 rings (SSSR count). The molecule has 0 bridgehead atoms. The van der Waals surface area contributed by atoms with Gasteiger partial charge in [-0.2, -0.15) is 0 Å². The molecule has 0 spiro atoms. The molecule has 2 fully saturated rings. The van der Waals surface area contributed by atoms with Gasteiger partial charge in [-0.3, -0.25) is 13.6 Å². The molecule has 2 saturated heterocycles. The smallest absolute Gasteiger partial charge is 0.386 e. The molecule has 0 radical (unpaired) electrons. The number of anilines is 1. The third kappa shape index (κ3) is 2.38. The molecular weight excluding hydrogens is 397 g/mol. The van der Waals surface area contributed by atoms with Crippen LogP contribution in [0.3, 0.4) is 0 Å². The molecule has 0 saturated carbocycles. The minimum atomic E-state index is -4.19. The number of aliphatic hydroxyl groups excluding tert-OH is 1. The number of nitrogens with two attached hydrogens (primary N) is 1. The average molecular weight is 408 g/mol. The number of hydrogen-bond acceptors (Lipinski definition) is 9. The standard InChI is InChI=1S/C10H11BrN5O6P/c11-10-15-4-7(12)13-2-14-8(4)16(10)9-5(17)6-3(21-9)1-20-23(18,19)22-6/h2-3,5-6,9,17H,1H2,(H,18,19)(H2,12,13,14)/t3?,5-,6-,9?/m0/s1. The minimum Gasteiger partial charge on any atom is -0.386 e. The number of nitrogen functional groups attached to an aromatic ring is 1. The van der Waals surface area contributed by atoms with Gasteiger partial charge in [-0.1, -0.05) is 0 Å². The normalized spacial score (nSPS) is 37.2. The van der Waals surface area contributed by atoms with E-state index in [0.717, 1.165) is 0 Å². The quantitative estimate of drug-likeness (QED) is 0.432. The van der Waals surface area contributed by atoms with E-state index in [1.165, 1.54) is 10.9 Å². The van der Waals surface area contributed by atoms with Crippen molar-refractivity contribution in [3.05, 3.63) is 11.1 Å². The van der Waals surface area contributed by atoms with Crippen molar-refractivity contribution in [2.75, 3.05) is 12.3 Å². The van der Waals surface area contributed by atoms with Crippen LogP contribution in [0.4, 0.5) is 5.82 Å². The summed E-state index contributed by atoms with van der Waals surface area (Å²) in [5.41, 5.74) is 6.45. The number of aromatic nitrogens is 4. The molecule has 2 aliphatic rings. The first kappa shape index (κ1) is 15.4. The van der Waals surface area contributed by atoms with E-state index in [9.17, 15) is 14.6 Å². The first-order chi connectivity index (χ1) is 10.9. The fourth-order valence-electron chi connectivity index (χ4n) is 2.67. The number of fused-ring (bicyclic) bond motifs is 2. The van der Waals surface area contributed by atoms with Crippen molar-refractivity contribution >= 4 is 40.7 Å². The highest BCUT2D eigenvalue weighted by atomic mass is 79.9. The molecule has 0 aromatic carbocycles. The van der Waals surface area contributed by atoms with Crippen LogP contribution in [0.2, 0.25) is 0 Å². The van der Waals surface area contributed by atoms with Gasteiger partial charge in [0.15, 0.2) is 27.9 Å². The molecule has 4 N–H and O–H groups in total. The number of rotatable bonds is 1. The van der Waals surface area contributed by atoms with Crippen LogP contribution in [0.1, 0.15) is 6.23 Å². The molecule has 4 heterocycles. The van der Waals surface area contributed by atoms with Crippen LogP contribution in [0, 0.1) is 0 Å². The highest BCUT2D eigenvalue weighted by Crippen LogP contribution is 2.52. The summed E-state index contributed by atoms with van der Waals surface area (Å²) in [5, 5.41) is 10.5. The summed E-state index contributed by atoms with van der Waals surface area (Å²) < 4.78 is 28.6. The maximum Gasteiger partial charge on any atom is 0.472 e. The van der Waals surface area contributed by atoms with E-state index in [-0.39, 0.29) is 12.4 Å². The Morgan fingerprint density at radius 2 is 2.26 bits per heavy atom. The Morgan fingerprint density at radius 1 is 1.48 bits per heavy atom. The van der Waals surface area contributed by atoms with E-state index < -0.39 is 32.4 Å². The topological polar surface area (TPSA) is 155 Å². The summed E-state index contributed by atoms with van der Waals surface area (Å²) in [7, 11) is -4.19. The Morgan fingerprint density at radius 3 is 3.04 bits per heavy atom. The first-order valence-corrected chi connectivity index (χ1v) is 8.79. The van der Waals surface area contributed by atoms with Crippen molar-refractivity contribution in [2.45, 2.75) is 24.5 Å². The molecule has 124 valence electrons. The first-order valence-electron chi connectivity index (χ1n) is 6.50. The second-order valence-corrected chi connectivity index (χ2v) is 7.19. The molecule has 23 heavy (non-hydrogen) atoms. The zero-order chi connectivity index (χ0) is 16.4. The number of halogens is 1. The second kappa shape index (κ2) is 5.18. The van der Waals surface area contributed by atoms with Gasteiger partial charge in [0.05, 0.1) is 6.61 Å². The summed E-state index contributed by atoms with van der Waals surface area (Å²) in [6.45, 7) is -0.173. The van der Waals surface area contributed by atoms with Gasteiger partial charge in [-0.25, -0.2) is 19.5 Å². The van der Waals surface area contributed by atoms with Crippen molar-refractivity contribution in [1.29, 1.82) is 0 Å². The Balaban J connectivity index is 1.76. The molecule has 3 unspecified atom stereocenters. The summed E-state index contributed by atoms with van der Waals surface area (Å²) in [4.78, 5) is 21.5. The third-order valence-corrected chi connectivity index (χ3v) is 5.23. The third-order valence-electron chi connectivity index (χ3n) is 3.68. The predicted octanol–water partition coefficient (Wildman–Crippen LogP) is -0.0549. The van der Waals surface area contributed by atoms with Gasteiger partial charge < -0.3 is 20.5 Å². The van der Waals surface area contributed by atoms with Crippen molar-refractivity contribution in [2.24, 2.45) is 0 Å². The van der Waals surface area contributed by atoms with E-state index in [0.29, 0.717) is 15.9 Å². The van der Waals surface area contributed by atoms with Crippen molar-refractivity contribution < 1.29 is 28.3 Å². The van der Waals surface area contributed by atoms with Crippen molar-refractivity contribution in [3.8, 4) is 0 Å². The number of phosphoric acid groups is 1. The van der Waals surface area contributed by atoms with Crippen LogP contribution in [0.5, 0.6) is 0 Å². The highest BCUT2D eigenvalue weighted by Gasteiger charge is 2.53. The Labute approximate surface area is 137 Å². The Kier molecular flexibility index (Phi) is 3.47. The number of ether oxygens (including phenoxy) is 1. The Bertz CT molecular complexity index is 831. The van der Waals surface area contributed by atoms with Crippen LogP contribution in [-0.4, -0.2) is 54.4 Å². The summed E-state index contributed by atoms with van der Waals surface area (Å²) in [5.74, 6) is 0.179. The van der Waals surface area contributed by atoms with Crippen LogP contribution in [-0.2, 0) is 18.3 Å². The monoisotopic (exact) mass is 407 g/mol. The van der Waals surface area contributed by atoms with Crippen molar-refractivity contribution in [1.82, 2.24) is 19.5 Å². The van der Waals surface area contributed by atoms with E-state index in [2.05, 4.69) is 30.9 Å². The molecule has 11 nitrogen and oxygen atoms in total. The number of hydrogen-bond donors (Lipinski definition) is 3. The number of imidazole rings is 1. The highest BCUT2D eigenvalue weighted by molar-refractivity contribution is 9.10. The lowest BCUT2D eigenvalue weighted by Crippen LogP contribution is -2.39. The van der Waals surface area contributed by atoms with Gasteiger partial charge in [0.1, 0.15) is 24.6 Å². The summed E-state index contributed by atoms with van der Waals surface area (Å²) >= 11 is 3.26. The van der Waals surface area contributed by atoms with Crippen LogP contribution in [0.25, 0.3) is 11.2 Å². The van der Waals surface area contributed by atoms with Crippen LogP contribution < -0.4 is 5.73 Å². The maximum atomic E-state index is 11.5. The van der Waals surface area contributed by atoms with Gasteiger partial charge in [0, 0.05) is 0 Å². The molecule has 0 aliphatic carbocycles. The number of nitrogens with zero attached hydrogens (tertiary/aromatic N) is 4. The molecule has 2 aromatic rings. The summed E-state index contributed by atoms with van der Waals surface area (Å²) in [6, 6.07) is 0. The SMILES string of the molecule is Nc1ncnc2c1nc(Br)n2C1OC2COP(=O)(O)O[C@@H]2[C@@H]1O. The second-order valence-electron chi connectivity index (χ2n) is 5.07. The fraction of sp³-hybridized carbons (Fsp3) is 0.500. The van der Waals surface area contributed by atoms with E-state index in [4.69, 9.17) is 19.5 Å². The van der Waals surface area contributed by atoms with E-state index in [1.54, 1.807) is 0 Å². The number of aliphatic hydroxyl groups is 1. The van der Waals surface area contributed by atoms with Crippen molar-refractivity contribution in [3.63, 3.8) is 0 Å². The molecule has 5 atom stereocenters. The predicted molar refractivity (Wildman–Crippen MR) is 78.0 cm³/mol.